The van der Waals surface area contributed by atoms with Crippen molar-refractivity contribution in [2.45, 2.75) is 32.3 Å². The van der Waals surface area contributed by atoms with Gasteiger partial charge in [0.25, 0.3) is 0 Å². The number of hydrogen-bond acceptors (Lipinski definition) is 4. The highest BCUT2D eigenvalue weighted by Gasteiger charge is 2.27. The predicted molar refractivity (Wildman–Crippen MR) is 97.0 cm³/mol. The molecule has 0 aliphatic rings. The monoisotopic (exact) mass is 391 g/mol. The molecule has 2 aromatic rings. The van der Waals surface area contributed by atoms with Crippen LogP contribution in [0.5, 0.6) is 5.75 Å². The van der Waals surface area contributed by atoms with Gasteiger partial charge in [-0.25, -0.2) is 0 Å². The van der Waals surface area contributed by atoms with E-state index < -0.39 is 0 Å². The zero-order chi connectivity index (χ0) is 17.5. The molecule has 1 heterocycles. The van der Waals surface area contributed by atoms with Crippen LogP contribution in [0.15, 0.2) is 53.3 Å². The number of esters is 1. The largest absolute Gasteiger partial charge is 0.426 e. The van der Waals surface area contributed by atoms with E-state index in [4.69, 9.17) is 9.47 Å². The first kappa shape index (κ1) is 18.6. The van der Waals surface area contributed by atoms with Crippen molar-refractivity contribution in [3.8, 4) is 5.75 Å². The van der Waals surface area contributed by atoms with Crippen molar-refractivity contribution in [1.29, 1.82) is 0 Å². The molecule has 3 atom stereocenters. The van der Waals surface area contributed by atoms with Crippen molar-refractivity contribution in [2.75, 3.05) is 7.11 Å². The van der Waals surface area contributed by atoms with Crippen molar-refractivity contribution in [3.63, 3.8) is 0 Å². The van der Waals surface area contributed by atoms with Gasteiger partial charge in [-0.05, 0) is 49.1 Å². The molecule has 1 aromatic carbocycles. The summed E-state index contributed by atoms with van der Waals surface area (Å²) in [5.41, 5.74) is 0.937. The fourth-order valence-corrected chi connectivity index (χ4v) is 2.72. The van der Waals surface area contributed by atoms with Crippen LogP contribution in [0.4, 0.5) is 0 Å². The summed E-state index contributed by atoms with van der Waals surface area (Å²) in [5, 5.41) is 0. The van der Waals surface area contributed by atoms with E-state index >= 15 is 0 Å². The van der Waals surface area contributed by atoms with Crippen molar-refractivity contribution >= 4 is 21.9 Å². The summed E-state index contributed by atoms with van der Waals surface area (Å²) in [6.07, 6.45) is 3.93. The van der Waals surface area contributed by atoms with Gasteiger partial charge in [-0.15, -0.1) is 0 Å². The van der Waals surface area contributed by atoms with Crippen LogP contribution in [0, 0.1) is 5.92 Å². The number of aromatic nitrogens is 1. The SMILES string of the molecule is COC(C)C(C)CC(C(=O)Oc1ccncc1)c1ccc(Br)cc1. The molecule has 0 saturated heterocycles. The molecule has 4 nitrogen and oxygen atoms in total. The average molecular weight is 392 g/mol. The quantitative estimate of drug-likeness (QED) is 0.647. The minimum Gasteiger partial charge on any atom is -0.426 e. The Morgan fingerprint density at radius 3 is 2.33 bits per heavy atom. The topological polar surface area (TPSA) is 48.4 Å². The first-order valence-corrected chi connectivity index (χ1v) is 8.70. The van der Waals surface area contributed by atoms with Crippen LogP contribution < -0.4 is 4.74 Å². The van der Waals surface area contributed by atoms with E-state index in [0.717, 1.165) is 10.0 Å². The molecule has 1 aromatic heterocycles. The minimum absolute atomic E-state index is 0.0664. The maximum Gasteiger partial charge on any atom is 0.318 e. The lowest BCUT2D eigenvalue weighted by atomic mass is 9.87. The van der Waals surface area contributed by atoms with Crippen LogP contribution in [0.1, 0.15) is 31.7 Å². The van der Waals surface area contributed by atoms with Crippen LogP contribution in [0.2, 0.25) is 0 Å². The summed E-state index contributed by atoms with van der Waals surface area (Å²) in [5.74, 6) is 0.107. The van der Waals surface area contributed by atoms with Crippen molar-refractivity contribution in [3.05, 3.63) is 58.8 Å². The molecule has 3 unspecified atom stereocenters. The number of ether oxygens (including phenoxy) is 2. The first-order chi connectivity index (χ1) is 11.5. The van der Waals surface area contributed by atoms with E-state index in [1.165, 1.54) is 0 Å². The standard InChI is InChI=1S/C19H22BrNO3/c1-13(14(2)23-3)12-18(15-4-6-16(20)7-5-15)19(22)24-17-8-10-21-11-9-17/h4-11,13-14,18H,12H2,1-3H3. The maximum atomic E-state index is 12.7. The van der Waals surface area contributed by atoms with Crippen molar-refractivity contribution in [2.24, 2.45) is 5.92 Å². The van der Waals surface area contributed by atoms with Crippen LogP contribution in [-0.4, -0.2) is 24.2 Å². The second-order valence-electron chi connectivity index (χ2n) is 5.86. The molecule has 0 aliphatic carbocycles. The molecule has 0 spiro atoms. The van der Waals surface area contributed by atoms with Gasteiger partial charge in [0.05, 0.1) is 12.0 Å². The number of benzene rings is 1. The summed E-state index contributed by atoms with van der Waals surface area (Å²) in [6.45, 7) is 4.09. The molecule has 0 amide bonds. The van der Waals surface area contributed by atoms with Gasteiger partial charge in [0.1, 0.15) is 5.75 Å². The highest BCUT2D eigenvalue weighted by atomic mass is 79.9. The lowest BCUT2D eigenvalue weighted by molar-refractivity contribution is -0.136. The molecule has 0 radical (unpaired) electrons. The molecule has 0 saturated carbocycles. The molecule has 5 heteroatoms. The molecule has 0 fully saturated rings. The summed E-state index contributed by atoms with van der Waals surface area (Å²) >= 11 is 3.43. The van der Waals surface area contributed by atoms with Gasteiger partial charge in [0.15, 0.2) is 0 Å². The van der Waals surface area contributed by atoms with Gasteiger partial charge in [-0.1, -0.05) is 35.0 Å². The van der Waals surface area contributed by atoms with Crippen molar-refractivity contribution < 1.29 is 14.3 Å². The highest BCUT2D eigenvalue weighted by molar-refractivity contribution is 9.10. The molecule has 0 bridgehead atoms. The Hall–Kier alpha value is -1.72. The summed E-state index contributed by atoms with van der Waals surface area (Å²) in [7, 11) is 1.69. The number of carbonyl (C=O) groups excluding carboxylic acids is 1. The van der Waals surface area contributed by atoms with Gasteiger partial charge < -0.3 is 9.47 Å². The summed E-state index contributed by atoms with van der Waals surface area (Å²) in [6, 6.07) is 11.1. The van der Waals surface area contributed by atoms with E-state index in [2.05, 4.69) is 27.8 Å². The molecular formula is C19H22BrNO3. The van der Waals surface area contributed by atoms with Crippen LogP contribution >= 0.6 is 15.9 Å². The molecular weight excluding hydrogens is 370 g/mol. The minimum atomic E-state index is -0.348. The number of methoxy groups -OCH3 is 1. The van der Waals surface area contributed by atoms with E-state index in [9.17, 15) is 4.79 Å². The molecule has 24 heavy (non-hydrogen) atoms. The number of carbonyl (C=O) groups is 1. The third-order valence-electron chi connectivity index (χ3n) is 4.21. The van der Waals surface area contributed by atoms with Crippen LogP contribution in [0.3, 0.4) is 0 Å². The first-order valence-electron chi connectivity index (χ1n) is 7.91. The Morgan fingerprint density at radius 2 is 1.75 bits per heavy atom. The lowest BCUT2D eigenvalue weighted by Crippen LogP contribution is -2.25. The van der Waals surface area contributed by atoms with Crippen LogP contribution in [-0.2, 0) is 9.53 Å². The van der Waals surface area contributed by atoms with E-state index in [-0.39, 0.29) is 23.9 Å². The van der Waals surface area contributed by atoms with Gasteiger partial charge in [-0.3, -0.25) is 9.78 Å². The molecule has 0 aliphatic heterocycles. The molecule has 0 N–H and O–H groups in total. The highest BCUT2D eigenvalue weighted by Crippen LogP contribution is 2.29. The fraction of sp³-hybridized carbons (Fsp3) is 0.368. The third kappa shape index (κ3) is 5.14. The number of hydrogen-bond donors (Lipinski definition) is 0. The Kier molecular flexibility index (Phi) is 6.94. The lowest BCUT2D eigenvalue weighted by Gasteiger charge is -2.24. The normalized spacial score (nSPS) is 14.7. The second kappa shape index (κ2) is 8.94. The van der Waals surface area contributed by atoms with Crippen molar-refractivity contribution in [1.82, 2.24) is 4.98 Å². The Balaban J connectivity index is 2.21. The number of pyridine rings is 1. The summed E-state index contributed by atoms with van der Waals surface area (Å²) < 4.78 is 11.9. The fourth-order valence-electron chi connectivity index (χ4n) is 2.45. The predicted octanol–water partition coefficient (Wildman–Crippen LogP) is 4.59. The van der Waals surface area contributed by atoms with E-state index in [1.807, 2.05) is 31.2 Å². The Bertz CT molecular complexity index is 645. The molecule has 128 valence electrons. The average Bonchev–Trinajstić information content (AvgIpc) is 2.60. The zero-order valence-corrected chi connectivity index (χ0v) is 15.7. The van der Waals surface area contributed by atoms with E-state index in [0.29, 0.717) is 12.2 Å². The maximum absolute atomic E-state index is 12.7. The third-order valence-corrected chi connectivity index (χ3v) is 4.73. The number of rotatable bonds is 7. The van der Waals surface area contributed by atoms with E-state index in [1.54, 1.807) is 31.6 Å². The van der Waals surface area contributed by atoms with Gasteiger partial charge in [0, 0.05) is 24.0 Å². The Morgan fingerprint density at radius 1 is 1.12 bits per heavy atom. The number of nitrogens with zero attached hydrogens (tertiary/aromatic N) is 1. The zero-order valence-electron chi connectivity index (χ0n) is 14.1. The Labute approximate surface area is 151 Å². The second-order valence-corrected chi connectivity index (χ2v) is 6.78. The van der Waals surface area contributed by atoms with Gasteiger partial charge in [0.2, 0.25) is 0 Å². The van der Waals surface area contributed by atoms with Gasteiger partial charge in [-0.2, -0.15) is 0 Å². The smallest absolute Gasteiger partial charge is 0.318 e. The summed E-state index contributed by atoms with van der Waals surface area (Å²) in [4.78, 5) is 16.7. The molecule has 2 rings (SSSR count). The van der Waals surface area contributed by atoms with Gasteiger partial charge >= 0.3 is 5.97 Å². The van der Waals surface area contributed by atoms with Crippen LogP contribution in [0.25, 0.3) is 0 Å². The number of halogens is 1.